The van der Waals surface area contributed by atoms with Crippen LogP contribution in [0.2, 0.25) is 0 Å². The topological polar surface area (TPSA) is 73.9 Å². The number of ether oxygens (including phenoxy) is 1. The second-order valence-electron chi connectivity index (χ2n) is 3.95. The first kappa shape index (κ1) is 10.0. The van der Waals surface area contributed by atoms with Crippen molar-refractivity contribution in [2.24, 2.45) is 0 Å². The summed E-state index contributed by atoms with van der Waals surface area (Å²) >= 11 is 0. The van der Waals surface area contributed by atoms with Crippen molar-refractivity contribution in [3.05, 3.63) is 30.1 Å². The van der Waals surface area contributed by atoms with Gasteiger partial charge >= 0.3 is 0 Å². The van der Waals surface area contributed by atoms with E-state index >= 15 is 0 Å². The molecule has 86 valence electrons. The molecule has 2 N–H and O–H groups in total. The van der Waals surface area contributed by atoms with E-state index < -0.39 is 0 Å². The maximum Gasteiger partial charge on any atom is 0.216 e. The van der Waals surface area contributed by atoms with E-state index in [2.05, 4.69) is 15.0 Å². The monoisotopic (exact) mass is 228 g/mol. The third-order valence-corrected chi connectivity index (χ3v) is 2.69. The molecule has 0 amide bonds. The Hall–Kier alpha value is -2.17. The van der Waals surface area contributed by atoms with Crippen LogP contribution in [0.15, 0.2) is 24.5 Å². The summed E-state index contributed by atoms with van der Waals surface area (Å²) in [6.45, 7) is 0.744. The lowest BCUT2D eigenvalue weighted by Crippen LogP contribution is -2.10. The highest BCUT2D eigenvalue weighted by Gasteiger charge is 2.13. The molecule has 0 fully saturated rings. The second kappa shape index (κ2) is 4.01. The summed E-state index contributed by atoms with van der Waals surface area (Å²) < 4.78 is 5.46. The van der Waals surface area contributed by atoms with E-state index in [0.717, 1.165) is 36.5 Å². The summed E-state index contributed by atoms with van der Waals surface area (Å²) in [7, 11) is 0. The predicted octanol–water partition coefficient (Wildman–Crippen LogP) is 1.45. The van der Waals surface area contributed by atoms with Crippen molar-refractivity contribution in [3.8, 4) is 17.3 Å². The van der Waals surface area contributed by atoms with E-state index in [0.29, 0.717) is 11.6 Å². The van der Waals surface area contributed by atoms with Gasteiger partial charge in [-0.2, -0.15) is 0 Å². The molecule has 0 bridgehead atoms. The zero-order valence-electron chi connectivity index (χ0n) is 9.26. The Morgan fingerprint density at radius 1 is 1.29 bits per heavy atom. The van der Waals surface area contributed by atoms with Gasteiger partial charge in [-0.05, 0) is 25.0 Å². The summed E-state index contributed by atoms with van der Waals surface area (Å²) in [5.74, 6) is 1.79. The van der Waals surface area contributed by atoms with Gasteiger partial charge < -0.3 is 10.5 Å². The maximum atomic E-state index is 5.64. The average Bonchev–Trinajstić information content (AvgIpc) is 2.38. The Morgan fingerprint density at radius 2 is 2.24 bits per heavy atom. The molecule has 0 saturated carbocycles. The highest BCUT2D eigenvalue weighted by Crippen LogP contribution is 2.26. The molecule has 3 heterocycles. The van der Waals surface area contributed by atoms with Crippen LogP contribution in [0.3, 0.4) is 0 Å². The number of pyridine rings is 1. The number of aryl methyl sites for hydroxylation is 1. The Morgan fingerprint density at radius 3 is 3.12 bits per heavy atom. The van der Waals surface area contributed by atoms with E-state index in [1.807, 2.05) is 6.07 Å². The first-order valence-corrected chi connectivity index (χ1v) is 5.53. The van der Waals surface area contributed by atoms with Gasteiger partial charge in [0.15, 0.2) is 5.82 Å². The third kappa shape index (κ3) is 1.91. The summed E-state index contributed by atoms with van der Waals surface area (Å²) in [4.78, 5) is 12.6. The highest BCUT2D eigenvalue weighted by atomic mass is 16.5. The summed E-state index contributed by atoms with van der Waals surface area (Å²) in [6, 6.07) is 3.69. The third-order valence-electron chi connectivity index (χ3n) is 2.69. The molecule has 2 aromatic heterocycles. The van der Waals surface area contributed by atoms with E-state index in [4.69, 9.17) is 10.5 Å². The summed E-state index contributed by atoms with van der Waals surface area (Å²) in [6.07, 6.45) is 5.38. The fourth-order valence-electron chi connectivity index (χ4n) is 1.87. The molecule has 5 heteroatoms. The number of aromatic nitrogens is 3. The quantitative estimate of drug-likeness (QED) is 0.799. The van der Waals surface area contributed by atoms with Gasteiger partial charge in [-0.15, -0.1) is 0 Å². The predicted molar refractivity (Wildman–Crippen MR) is 63.5 cm³/mol. The van der Waals surface area contributed by atoms with Gasteiger partial charge in [-0.1, -0.05) is 0 Å². The zero-order valence-corrected chi connectivity index (χ0v) is 9.26. The van der Waals surface area contributed by atoms with Crippen LogP contribution in [-0.2, 0) is 6.42 Å². The molecule has 0 saturated heterocycles. The van der Waals surface area contributed by atoms with E-state index in [9.17, 15) is 0 Å². The number of rotatable bonds is 1. The minimum absolute atomic E-state index is 0.462. The second-order valence-corrected chi connectivity index (χ2v) is 3.95. The Kier molecular flexibility index (Phi) is 2.36. The number of anilines is 1. The van der Waals surface area contributed by atoms with Crippen molar-refractivity contribution in [2.75, 3.05) is 12.3 Å². The lowest BCUT2D eigenvalue weighted by molar-refractivity contribution is 0.276. The van der Waals surface area contributed by atoms with Gasteiger partial charge in [0, 0.05) is 23.5 Å². The zero-order chi connectivity index (χ0) is 11.7. The highest BCUT2D eigenvalue weighted by molar-refractivity contribution is 5.57. The Bertz CT molecular complexity index is 556. The lowest BCUT2D eigenvalue weighted by Gasteiger charge is -2.16. The van der Waals surface area contributed by atoms with Crippen LogP contribution in [0, 0.1) is 0 Å². The number of nitrogen functional groups attached to an aromatic ring is 1. The van der Waals surface area contributed by atoms with E-state index in [-0.39, 0.29) is 0 Å². The molecule has 1 aliphatic heterocycles. The van der Waals surface area contributed by atoms with Crippen molar-refractivity contribution < 1.29 is 4.74 Å². The first-order valence-electron chi connectivity index (χ1n) is 5.53. The van der Waals surface area contributed by atoms with Gasteiger partial charge in [-0.25, -0.2) is 15.0 Å². The van der Waals surface area contributed by atoms with Gasteiger partial charge in [0.25, 0.3) is 0 Å². The van der Waals surface area contributed by atoms with Crippen LogP contribution in [0.1, 0.15) is 12.0 Å². The van der Waals surface area contributed by atoms with Crippen LogP contribution >= 0.6 is 0 Å². The SMILES string of the molecule is Nc1ccnc(-c2cnc3c(c2)CCCO3)n1. The average molecular weight is 228 g/mol. The molecule has 0 atom stereocenters. The summed E-state index contributed by atoms with van der Waals surface area (Å²) in [5, 5.41) is 0. The summed E-state index contributed by atoms with van der Waals surface area (Å²) in [5.41, 5.74) is 7.62. The van der Waals surface area contributed by atoms with Gasteiger partial charge in [0.2, 0.25) is 5.88 Å². The van der Waals surface area contributed by atoms with E-state index in [1.165, 1.54) is 0 Å². The molecule has 0 spiro atoms. The normalized spacial score (nSPS) is 13.9. The molecule has 5 nitrogen and oxygen atoms in total. The molecule has 3 rings (SSSR count). The van der Waals surface area contributed by atoms with Crippen LogP contribution in [-0.4, -0.2) is 21.6 Å². The largest absolute Gasteiger partial charge is 0.477 e. The maximum absolute atomic E-state index is 5.64. The van der Waals surface area contributed by atoms with Gasteiger partial charge in [0.1, 0.15) is 5.82 Å². The number of nitrogens with two attached hydrogens (primary N) is 1. The van der Waals surface area contributed by atoms with Crippen LogP contribution in [0.4, 0.5) is 5.82 Å². The first-order chi connectivity index (χ1) is 8.33. The minimum atomic E-state index is 0.462. The lowest BCUT2D eigenvalue weighted by atomic mass is 10.1. The van der Waals surface area contributed by atoms with Crippen molar-refractivity contribution in [1.29, 1.82) is 0 Å². The standard InChI is InChI=1S/C12H12N4O/c13-10-3-4-14-11(16-10)9-6-8-2-1-5-17-12(8)15-7-9/h3-4,6-7H,1-2,5H2,(H2,13,14,16). The smallest absolute Gasteiger partial charge is 0.216 e. The molecule has 17 heavy (non-hydrogen) atoms. The minimum Gasteiger partial charge on any atom is -0.477 e. The van der Waals surface area contributed by atoms with Crippen LogP contribution in [0.25, 0.3) is 11.4 Å². The van der Waals surface area contributed by atoms with Crippen LogP contribution < -0.4 is 10.5 Å². The van der Waals surface area contributed by atoms with Crippen molar-refractivity contribution in [2.45, 2.75) is 12.8 Å². The molecule has 0 aromatic carbocycles. The van der Waals surface area contributed by atoms with Crippen LogP contribution in [0.5, 0.6) is 5.88 Å². The molecule has 0 unspecified atom stereocenters. The van der Waals surface area contributed by atoms with E-state index in [1.54, 1.807) is 18.5 Å². The Labute approximate surface area is 98.7 Å². The molecular weight excluding hydrogens is 216 g/mol. The van der Waals surface area contributed by atoms with Crippen molar-refractivity contribution in [3.63, 3.8) is 0 Å². The fraction of sp³-hybridized carbons (Fsp3) is 0.250. The van der Waals surface area contributed by atoms with Crippen molar-refractivity contribution in [1.82, 2.24) is 15.0 Å². The molecule has 0 aliphatic carbocycles. The van der Waals surface area contributed by atoms with Crippen molar-refractivity contribution >= 4 is 5.82 Å². The number of hydrogen-bond acceptors (Lipinski definition) is 5. The number of nitrogens with zero attached hydrogens (tertiary/aromatic N) is 3. The molecular formula is C12H12N4O. The fourth-order valence-corrected chi connectivity index (χ4v) is 1.87. The molecule has 2 aromatic rings. The molecule has 0 radical (unpaired) electrons. The molecule has 1 aliphatic rings. The Balaban J connectivity index is 2.04. The van der Waals surface area contributed by atoms with Gasteiger partial charge in [-0.3, -0.25) is 0 Å². The number of fused-ring (bicyclic) bond motifs is 1. The number of hydrogen-bond donors (Lipinski definition) is 1. The van der Waals surface area contributed by atoms with Gasteiger partial charge in [0.05, 0.1) is 6.61 Å².